The first-order valence-electron chi connectivity index (χ1n) is 7.60. The maximum absolute atomic E-state index is 11.4. The number of nitrogens with one attached hydrogen (secondary N) is 1. The molecule has 2 atom stereocenters. The number of likely N-dealkylation sites (tertiary alicyclic amines) is 1. The molecule has 1 saturated heterocycles. The summed E-state index contributed by atoms with van der Waals surface area (Å²) in [5, 5.41) is 7.96. The Morgan fingerprint density at radius 2 is 2.35 bits per heavy atom. The summed E-state index contributed by atoms with van der Waals surface area (Å²) in [4.78, 5) is 13.3. The van der Waals surface area contributed by atoms with E-state index in [0.29, 0.717) is 12.0 Å². The van der Waals surface area contributed by atoms with Crippen molar-refractivity contribution in [2.24, 2.45) is 5.92 Å². The van der Waals surface area contributed by atoms with Crippen molar-refractivity contribution in [3.63, 3.8) is 0 Å². The van der Waals surface area contributed by atoms with Gasteiger partial charge in [0.1, 0.15) is 0 Å². The molecule has 1 aromatic heterocycles. The van der Waals surface area contributed by atoms with E-state index in [1.807, 2.05) is 15.8 Å². The summed E-state index contributed by atoms with van der Waals surface area (Å²) >= 11 is 0. The van der Waals surface area contributed by atoms with Gasteiger partial charge in [0.2, 0.25) is 5.91 Å². The lowest BCUT2D eigenvalue weighted by Gasteiger charge is -2.37. The number of nitrogens with zero attached hydrogens (tertiary/aromatic N) is 3. The molecule has 0 saturated carbocycles. The number of rotatable bonds is 5. The predicted octanol–water partition coefficient (Wildman–Crippen LogP) is 1.64. The van der Waals surface area contributed by atoms with Crippen molar-refractivity contribution in [1.29, 1.82) is 0 Å². The molecule has 5 nitrogen and oxygen atoms in total. The zero-order valence-electron chi connectivity index (χ0n) is 12.8. The molecule has 0 aliphatic carbocycles. The third-order valence-corrected chi connectivity index (χ3v) is 4.06. The van der Waals surface area contributed by atoms with Crippen LogP contribution in [0.3, 0.4) is 0 Å². The first kappa shape index (κ1) is 15.0. The van der Waals surface area contributed by atoms with Gasteiger partial charge in [-0.15, -0.1) is 0 Å². The first-order chi connectivity index (χ1) is 9.60. The van der Waals surface area contributed by atoms with Crippen molar-refractivity contribution in [3.05, 3.63) is 18.0 Å². The van der Waals surface area contributed by atoms with Gasteiger partial charge in [-0.3, -0.25) is 9.48 Å². The minimum Gasteiger partial charge on any atom is -0.343 e. The fourth-order valence-corrected chi connectivity index (χ4v) is 2.83. The standard InChI is InChI=1S/C15H26N4O/c1-4-6-19-11-14(9-17-19)8-16-15-5-7-18(13(3)20)10-12(15)2/h9,11-12,15-16H,4-8,10H2,1-3H3/t12-,15+/m1/s1. The Hall–Kier alpha value is -1.36. The molecule has 0 radical (unpaired) electrons. The second kappa shape index (κ2) is 6.88. The lowest BCUT2D eigenvalue weighted by atomic mass is 9.93. The largest absolute Gasteiger partial charge is 0.343 e. The lowest BCUT2D eigenvalue weighted by molar-refractivity contribution is -0.130. The quantitative estimate of drug-likeness (QED) is 0.891. The predicted molar refractivity (Wildman–Crippen MR) is 79.2 cm³/mol. The highest BCUT2D eigenvalue weighted by Gasteiger charge is 2.26. The molecule has 1 fully saturated rings. The van der Waals surface area contributed by atoms with Crippen LogP contribution in [0.1, 0.15) is 39.2 Å². The normalized spacial score (nSPS) is 23.1. The molecule has 5 heteroatoms. The second-order valence-electron chi connectivity index (χ2n) is 5.83. The molecule has 1 aliphatic rings. The van der Waals surface area contributed by atoms with E-state index in [9.17, 15) is 4.79 Å². The van der Waals surface area contributed by atoms with E-state index >= 15 is 0 Å². The number of aromatic nitrogens is 2. The number of hydrogen-bond donors (Lipinski definition) is 1. The number of aryl methyl sites for hydroxylation is 1. The molecule has 0 spiro atoms. The number of piperidine rings is 1. The van der Waals surface area contributed by atoms with Crippen LogP contribution in [-0.4, -0.2) is 39.7 Å². The summed E-state index contributed by atoms with van der Waals surface area (Å²) in [5.74, 6) is 0.689. The minimum absolute atomic E-state index is 0.191. The van der Waals surface area contributed by atoms with Gasteiger partial charge in [-0.25, -0.2) is 0 Å². The van der Waals surface area contributed by atoms with Crippen molar-refractivity contribution in [1.82, 2.24) is 20.0 Å². The molecular formula is C15H26N4O. The number of amides is 1. The molecule has 1 N–H and O–H groups in total. The van der Waals surface area contributed by atoms with E-state index in [4.69, 9.17) is 0 Å². The zero-order chi connectivity index (χ0) is 14.5. The van der Waals surface area contributed by atoms with Crippen molar-refractivity contribution in [2.75, 3.05) is 13.1 Å². The summed E-state index contributed by atoms with van der Waals surface area (Å²) in [5.41, 5.74) is 1.24. The molecule has 0 aromatic carbocycles. The SMILES string of the molecule is CCCn1cc(CN[C@H]2CCN(C(C)=O)C[C@H]2C)cn1. The Kier molecular flexibility index (Phi) is 5.17. The number of carbonyl (C=O) groups excluding carboxylic acids is 1. The van der Waals surface area contributed by atoms with Gasteiger partial charge in [0, 0.05) is 50.9 Å². The van der Waals surface area contributed by atoms with Gasteiger partial charge >= 0.3 is 0 Å². The van der Waals surface area contributed by atoms with Crippen molar-refractivity contribution in [3.8, 4) is 0 Å². The average Bonchev–Trinajstić information content (AvgIpc) is 2.85. The van der Waals surface area contributed by atoms with Gasteiger partial charge in [-0.05, 0) is 18.8 Å². The van der Waals surface area contributed by atoms with Gasteiger partial charge in [0.15, 0.2) is 0 Å². The van der Waals surface area contributed by atoms with Crippen LogP contribution in [0, 0.1) is 5.92 Å². The Labute approximate surface area is 121 Å². The second-order valence-corrected chi connectivity index (χ2v) is 5.83. The molecule has 1 aliphatic heterocycles. The van der Waals surface area contributed by atoms with E-state index in [1.165, 1.54) is 5.56 Å². The lowest BCUT2D eigenvalue weighted by Crippen LogP contribution is -2.49. The number of carbonyl (C=O) groups is 1. The van der Waals surface area contributed by atoms with Gasteiger partial charge in [-0.2, -0.15) is 5.10 Å². The Bertz CT molecular complexity index is 443. The molecule has 0 bridgehead atoms. The number of hydrogen-bond acceptors (Lipinski definition) is 3. The fourth-order valence-electron chi connectivity index (χ4n) is 2.83. The summed E-state index contributed by atoms with van der Waals surface area (Å²) in [6.07, 6.45) is 6.20. The van der Waals surface area contributed by atoms with E-state index in [1.54, 1.807) is 6.92 Å². The molecule has 20 heavy (non-hydrogen) atoms. The zero-order valence-corrected chi connectivity index (χ0v) is 12.8. The van der Waals surface area contributed by atoms with Crippen LogP contribution < -0.4 is 5.32 Å². The molecular weight excluding hydrogens is 252 g/mol. The van der Waals surface area contributed by atoms with Crippen LogP contribution in [0.15, 0.2) is 12.4 Å². The molecule has 0 unspecified atom stereocenters. The Morgan fingerprint density at radius 1 is 1.55 bits per heavy atom. The molecule has 2 rings (SSSR count). The maximum atomic E-state index is 11.4. The average molecular weight is 278 g/mol. The van der Waals surface area contributed by atoms with Gasteiger partial charge < -0.3 is 10.2 Å². The molecule has 1 aromatic rings. The van der Waals surface area contributed by atoms with Crippen molar-refractivity contribution in [2.45, 2.75) is 52.7 Å². The van der Waals surface area contributed by atoms with E-state index in [-0.39, 0.29) is 5.91 Å². The van der Waals surface area contributed by atoms with E-state index < -0.39 is 0 Å². The van der Waals surface area contributed by atoms with E-state index in [2.05, 4.69) is 30.5 Å². The third kappa shape index (κ3) is 3.82. The van der Waals surface area contributed by atoms with Gasteiger partial charge in [-0.1, -0.05) is 13.8 Å². The van der Waals surface area contributed by atoms with Crippen LogP contribution in [-0.2, 0) is 17.9 Å². The Balaban J connectivity index is 1.80. The Morgan fingerprint density at radius 3 is 3.00 bits per heavy atom. The topological polar surface area (TPSA) is 50.2 Å². The summed E-state index contributed by atoms with van der Waals surface area (Å²) in [6, 6.07) is 0.486. The van der Waals surface area contributed by atoms with Crippen LogP contribution in [0.5, 0.6) is 0 Å². The maximum Gasteiger partial charge on any atom is 0.219 e. The highest BCUT2D eigenvalue weighted by Crippen LogP contribution is 2.17. The first-order valence-corrected chi connectivity index (χ1v) is 7.60. The minimum atomic E-state index is 0.191. The third-order valence-electron chi connectivity index (χ3n) is 4.06. The van der Waals surface area contributed by atoms with Crippen LogP contribution in [0.2, 0.25) is 0 Å². The smallest absolute Gasteiger partial charge is 0.219 e. The van der Waals surface area contributed by atoms with Crippen molar-refractivity contribution < 1.29 is 4.79 Å². The highest BCUT2D eigenvalue weighted by atomic mass is 16.2. The summed E-state index contributed by atoms with van der Waals surface area (Å²) in [7, 11) is 0. The highest BCUT2D eigenvalue weighted by molar-refractivity contribution is 5.73. The molecule has 112 valence electrons. The van der Waals surface area contributed by atoms with Crippen LogP contribution >= 0.6 is 0 Å². The summed E-state index contributed by atoms with van der Waals surface area (Å²) < 4.78 is 2.00. The van der Waals surface area contributed by atoms with Crippen LogP contribution in [0.4, 0.5) is 0 Å². The monoisotopic (exact) mass is 278 g/mol. The van der Waals surface area contributed by atoms with E-state index in [0.717, 1.165) is 39.0 Å². The fraction of sp³-hybridized carbons (Fsp3) is 0.733. The molecule has 1 amide bonds. The van der Waals surface area contributed by atoms with Gasteiger partial charge in [0.05, 0.1) is 6.20 Å². The van der Waals surface area contributed by atoms with Gasteiger partial charge in [0.25, 0.3) is 0 Å². The van der Waals surface area contributed by atoms with Crippen LogP contribution in [0.25, 0.3) is 0 Å². The molecule has 2 heterocycles. The van der Waals surface area contributed by atoms with Crippen molar-refractivity contribution >= 4 is 5.91 Å². The summed E-state index contributed by atoms with van der Waals surface area (Å²) in [6.45, 7) is 9.60.